The summed E-state index contributed by atoms with van der Waals surface area (Å²) in [6.45, 7) is 0.782. The van der Waals surface area contributed by atoms with Crippen LogP contribution < -0.4 is 4.90 Å². The first-order valence-corrected chi connectivity index (χ1v) is 10.6. The fourth-order valence-electron chi connectivity index (χ4n) is 3.05. The molecular weight excluding hydrogens is 382 g/mol. The Morgan fingerprint density at radius 1 is 1.15 bits per heavy atom. The Hall–Kier alpha value is -1.96. The Kier molecular flexibility index (Phi) is 5.19. The molecule has 2 aromatic carbocycles. The molecule has 0 unspecified atom stereocenters. The maximum absolute atomic E-state index is 12.7. The highest BCUT2D eigenvalue weighted by atomic mass is 32.2. The van der Waals surface area contributed by atoms with Crippen molar-refractivity contribution in [2.24, 2.45) is 0 Å². The van der Waals surface area contributed by atoms with Gasteiger partial charge < -0.3 is 4.90 Å². The van der Waals surface area contributed by atoms with E-state index in [-0.39, 0.29) is 5.91 Å². The standard InChI is InChI=1S/C19H17N3OS3/c23-17(21-12-6-8-14-7-4-5-11-16(14)21)13-25-18-20-22(19(24)26-18)15-9-2-1-3-10-15/h1-5,7,9-11H,6,8,12-13H2. The predicted molar refractivity (Wildman–Crippen MR) is 110 cm³/mol. The lowest BCUT2D eigenvalue weighted by molar-refractivity contribution is -0.116. The average Bonchev–Trinajstić information content (AvgIpc) is 3.07. The number of aromatic nitrogens is 2. The molecule has 132 valence electrons. The number of nitrogens with zero attached hydrogens (tertiary/aromatic N) is 3. The minimum atomic E-state index is 0.120. The first-order valence-electron chi connectivity index (χ1n) is 8.39. The van der Waals surface area contributed by atoms with Gasteiger partial charge in [-0.05, 0) is 48.8 Å². The van der Waals surface area contributed by atoms with Crippen LogP contribution in [0, 0.1) is 3.95 Å². The predicted octanol–water partition coefficient (Wildman–Crippen LogP) is 4.73. The number of para-hydroxylation sites is 2. The van der Waals surface area contributed by atoms with Gasteiger partial charge in [0.15, 0.2) is 8.29 Å². The molecular formula is C19H17N3OS3. The summed E-state index contributed by atoms with van der Waals surface area (Å²) in [6.07, 6.45) is 2.05. The maximum Gasteiger partial charge on any atom is 0.237 e. The zero-order chi connectivity index (χ0) is 17.9. The van der Waals surface area contributed by atoms with Crippen LogP contribution >= 0.6 is 35.3 Å². The van der Waals surface area contributed by atoms with Crippen LogP contribution in [0.25, 0.3) is 5.69 Å². The molecule has 0 radical (unpaired) electrons. The molecule has 4 nitrogen and oxygen atoms in total. The van der Waals surface area contributed by atoms with Crippen LogP contribution in [0.2, 0.25) is 0 Å². The number of amides is 1. The summed E-state index contributed by atoms with van der Waals surface area (Å²) < 4.78 is 3.26. The van der Waals surface area contributed by atoms with E-state index in [1.165, 1.54) is 28.7 Å². The molecule has 1 amide bonds. The van der Waals surface area contributed by atoms with E-state index in [1.54, 1.807) is 4.68 Å². The van der Waals surface area contributed by atoms with Crippen LogP contribution in [0.4, 0.5) is 5.69 Å². The summed E-state index contributed by atoms with van der Waals surface area (Å²) in [6, 6.07) is 18.0. The number of rotatable bonds is 4. The molecule has 7 heteroatoms. The van der Waals surface area contributed by atoms with E-state index in [2.05, 4.69) is 11.2 Å². The molecule has 1 aromatic heterocycles. The van der Waals surface area contributed by atoms with Gasteiger partial charge in [0.2, 0.25) is 5.91 Å². The topological polar surface area (TPSA) is 38.1 Å². The normalized spacial score (nSPS) is 13.5. The average molecular weight is 400 g/mol. The van der Waals surface area contributed by atoms with Gasteiger partial charge in [-0.3, -0.25) is 4.79 Å². The summed E-state index contributed by atoms with van der Waals surface area (Å²) in [5.41, 5.74) is 3.24. The minimum Gasteiger partial charge on any atom is -0.311 e. The highest BCUT2D eigenvalue weighted by Crippen LogP contribution is 2.29. The van der Waals surface area contributed by atoms with Crippen LogP contribution in [-0.4, -0.2) is 28.0 Å². The van der Waals surface area contributed by atoms with Crippen LogP contribution in [0.5, 0.6) is 0 Å². The fourth-order valence-corrected chi connectivity index (χ4v) is 5.28. The number of carbonyl (C=O) groups excluding carboxylic acids is 1. The van der Waals surface area contributed by atoms with Crippen LogP contribution in [0.3, 0.4) is 0 Å². The van der Waals surface area contributed by atoms with E-state index in [0.717, 1.165) is 35.1 Å². The number of hydrogen-bond acceptors (Lipinski definition) is 5. The van der Waals surface area contributed by atoms with Crippen molar-refractivity contribution < 1.29 is 4.79 Å². The van der Waals surface area contributed by atoms with Crippen molar-refractivity contribution in [2.75, 3.05) is 17.2 Å². The van der Waals surface area contributed by atoms with Crippen LogP contribution in [-0.2, 0) is 11.2 Å². The second-order valence-corrected chi connectivity index (χ2v) is 8.79. The van der Waals surface area contributed by atoms with Gasteiger partial charge in [0, 0.05) is 12.2 Å². The van der Waals surface area contributed by atoms with E-state index < -0.39 is 0 Å². The molecule has 26 heavy (non-hydrogen) atoms. The zero-order valence-electron chi connectivity index (χ0n) is 14.0. The Labute approximate surface area is 165 Å². The maximum atomic E-state index is 12.7. The second-order valence-electron chi connectivity index (χ2n) is 5.95. The second kappa shape index (κ2) is 7.73. The number of hydrogen-bond donors (Lipinski definition) is 0. The van der Waals surface area contributed by atoms with Crippen molar-refractivity contribution in [1.82, 2.24) is 9.78 Å². The van der Waals surface area contributed by atoms with Crippen molar-refractivity contribution in [3.63, 3.8) is 0 Å². The number of thioether (sulfide) groups is 1. The van der Waals surface area contributed by atoms with E-state index >= 15 is 0 Å². The Balaban J connectivity index is 1.47. The number of fused-ring (bicyclic) bond motifs is 1. The molecule has 0 N–H and O–H groups in total. The third-order valence-electron chi connectivity index (χ3n) is 4.26. The third-order valence-corrected chi connectivity index (χ3v) is 6.61. The molecule has 1 aliphatic heterocycles. The lowest BCUT2D eigenvalue weighted by Gasteiger charge is -2.29. The van der Waals surface area contributed by atoms with Crippen molar-refractivity contribution in [2.45, 2.75) is 17.2 Å². The lowest BCUT2D eigenvalue weighted by Crippen LogP contribution is -2.36. The van der Waals surface area contributed by atoms with Gasteiger partial charge in [-0.2, -0.15) is 0 Å². The number of carbonyl (C=O) groups is 1. The van der Waals surface area contributed by atoms with E-state index in [9.17, 15) is 4.79 Å². The van der Waals surface area contributed by atoms with Crippen LogP contribution in [0.1, 0.15) is 12.0 Å². The van der Waals surface area contributed by atoms with Crippen molar-refractivity contribution in [3.05, 3.63) is 64.1 Å². The summed E-state index contributed by atoms with van der Waals surface area (Å²) in [5.74, 6) is 0.486. The summed E-state index contributed by atoms with van der Waals surface area (Å²) in [7, 11) is 0. The summed E-state index contributed by atoms with van der Waals surface area (Å²) in [4.78, 5) is 14.6. The molecule has 0 aliphatic carbocycles. The number of aryl methyl sites for hydroxylation is 1. The van der Waals surface area contributed by atoms with E-state index in [1.807, 2.05) is 53.4 Å². The number of anilines is 1. The molecule has 3 aromatic rings. The summed E-state index contributed by atoms with van der Waals surface area (Å²) >= 11 is 8.32. The Morgan fingerprint density at radius 3 is 2.77 bits per heavy atom. The van der Waals surface area contributed by atoms with Crippen LogP contribution in [0.15, 0.2) is 58.9 Å². The minimum absolute atomic E-state index is 0.120. The molecule has 4 rings (SSSR count). The Morgan fingerprint density at radius 2 is 1.92 bits per heavy atom. The smallest absolute Gasteiger partial charge is 0.237 e. The lowest BCUT2D eigenvalue weighted by atomic mass is 10.0. The highest BCUT2D eigenvalue weighted by molar-refractivity contribution is 8.01. The molecule has 0 bridgehead atoms. The van der Waals surface area contributed by atoms with Gasteiger partial charge in [-0.15, -0.1) is 5.10 Å². The van der Waals surface area contributed by atoms with Gasteiger partial charge in [0.25, 0.3) is 0 Å². The quantitative estimate of drug-likeness (QED) is 0.469. The van der Waals surface area contributed by atoms with Gasteiger partial charge in [0.05, 0.1) is 11.4 Å². The largest absolute Gasteiger partial charge is 0.311 e. The molecule has 0 saturated carbocycles. The zero-order valence-corrected chi connectivity index (χ0v) is 16.4. The van der Waals surface area contributed by atoms with Gasteiger partial charge >= 0.3 is 0 Å². The van der Waals surface area contributed by atoms with Crippen molar-refractivity contribution >= 4 is 46.9 Å². The first-order chi connectivity index (χ1) is 12.7. The molecule has 0 spiro atoms. The monoisotopic (exact) mass is 399 g/mol. The van der Waals surface area contributed by atoms with E-state index in [0.29, 0.717) is 9.71 Å². The van der Waals surface area contributed by atoms with Crippen molar-refractivity contribution in [1.29, 1.82) is 0 Å². The van der Waals surface area contributed by atoms with Gasteiger partial charge in [-0.25, -0.2) is 4.68 Å². The molecule has 0 fully saturated rings. The van der Waals surface area contributed by atoms with Crippen molar-refractivity contribution in [3.8, 4) is 5.69 Å². The van der Waals surface area contributed by atoms with Gasteiger partial charge in [-0.1, -0.05) is 59.5 Å². The Bertz CT molecular complexity index is 981. The van der Waals surface area contributed by atoms with E-state index in [4.69, 9.17) is 12.2 Å². The number of benzene rings is 2. The molecule has 0 saturated heterocycles. The summed E-state index contributed by atoms with van der Waals surface area (Å²) in [5, 5.41) is 4.56. The molecule has 0 atom stereocenters. The third kappa shape index (κ3) is 3.60. The van der Waals surface area contributed by atoms with Gasteiger partial charge in [0.1, 0.15) is 0 Å². The SMILES string of the molecule is O=C(CSc1nn(-c2ccccc2)c(=S)s1)N1CCCc2ccccc21. The molecule has 1 aliphatic rings. The highest BCUT2D eigenvalue weighted by Gasteiger charge is 2.22. The fraction of sp³-hybridized carbons (Fsp3) is 0.211. The molecule has 2 heterocycles. The first kappa shape index (κ1) is 17.5.